The van der Waals surface area contributed by atoms with E-state index in [1.165, 1.54) is 4.88 Å². The number of nitrogens with one attached hydrogen (secondary N) is 1. The Labute approximate surface area is 138 Å². The van der Waals surface area contributed by atoms with Crippen LogP contribution in [0.15, 0.2) is 30.7 Å². The maximum Gasteiger partial charge on any atom is 0.213 e. The van der Waals surface area contributed by atoms with E-state index >= 15 is 0 Å². The molecule has 6 nitrogen and oxygen atoms in total. The van der Waals surface area contributed by atoms with Crippen LogP contribution in [-0.2, 0) is 11.3 Å². The molecule has 0 aromatic carbocycles. The highest BCUT2D eigenvalue weighted by molar-refractivity contribution is 7.18. The summed E-state index contributed by atoms with van der Waals surface area (Å²) in [4.78, 5) is 15.1. The molecule has 0 fully saturated rings. The number of fused-ring (bicyclic) bond motifs is 1. The van der Waals surface area contributed by atoms with Gasteiger partial charge in [0.15, 0.2) is 0 Å². The van der Waals surface area contributed by atoms with Gasteiger partial charge in [-0.05, 0) is 18.6 Å². The van der Waals surface area contributed by atoms with Crippen LogP contribution >= 0.6 is 11.3 Å². The lowest BCUT2D eigenvalue weighted by atomic mass is 10.2. The van der Waals surface area contributed by atoms with Crippen molar-refractivity contribution in [2.75, 3.05) is 25.6 Å². The molecule has 0 atom stereocenters. The van der Waals surface area contributed by atoms with E-state index in [4.69, 9.17) is 9.47 Å². The minimum absolute atomic E-state index is 0.498. The molecule has 3 rings (SSSR count). The number of hydrogen-bond donors (Lipinski definition) is 1. The maximum absolute atomic E-state index is 5.45. The lowest BCUT2D eigenvalue weighted by Gasteiger charge is -2.08. The summed E-state index contributed by atoms with van der Waals surface area (Å²) in [6.45, 7) is 3.76. The molecular formula is C16H18N4O2S. The lowest BCUT2D eigenvalue weighted by molar-refractivity contribution is 0.143. The average molecular weight is 330 g/mol. The van der Waals surface area contributed by atoms with E-state index in [1.54, 1.807) is 31.0 Å². The number of methoxy groups -OCH3 is 1. The van der Waals surface area contributed by atoms with Gasteiger partial charge in [-0.2, -0.15) is 0 Å². The molecule has 0 saturated heterocycles. The number of anilines is 1. The molecule has 0 aliphatic carbocycles. The Morgan fingerprint density at radius 1 is 1.17 bits per heavy atom. The first-order chi connectivity index (χ1) is 11.3. The standard InChI is InChI=1S/C16H18N4O2S/c1-11-7-13-15(19-10-20-16(13)23-11)18-9-12-3-4-14(17-8-12)22-6-5-21-2/h3-4,7-8,10H,5-6,9H2,1-2H3,(H,18,19,20). The van der Waals surface area contributed by atoms with E-state index in [0.717, 1.165) is 21.6 Å². The second-order valence-corrected chi connectivity index (χ2v) is 6.23. The van der Waals surface area contributed by atoms with Crippen molar-refractivity contribution in [3.05, 3.63) is 41.2 Å². The molecule has 7 heteroatoms. The summed E-state index contributed by atoms with van der Waals surface area (Å²) in [6, 6.07) is 5.95. The van der Waals surface area contributed by atoms with Crippen molar-refractivity contribution in [2.24, 2.45) is 0 Å². The monoisotopic (exact) mass is 330 g/mol. The first-order valence-corrected chi connectivity index (χ1v) is 8.09. The SMILES string of the molecule is COCCOc1ccc(CNc2ncnc3sc(C)cc23)cn1. The summed E-state index contributed by atoms with van der Waals surface area (Å²) in [5.41, 5.74) is 1.06. The third-order valence-corrected chi connectivity index (χ3v) is 4.21. The number of aryl methyl sites for hydroxylation is 1. The zero-order valence-corrected chi connectivity index (χ0v) is 13.9. The zero-order valence-electron chi connectivity index (χ0n) is 13.1. The normalized spacial score (nSPS) is 10.9. The van der Waals surface area contributed by atoms with Crippen LogP contribution in [0.2, 0.25) is 0 Å². The van der Waals surface area contributed by atoms with Crippen molar-refractivity contribution >= 4 is 27.4 Å². The predicted molar refractivity (Wildman–Crippen MR) is 91.1 cm³/mol. The van der Waals surface area contributed by atoms with Gasteiger partial charge >= 0.3 is 0 Å². The van der Waals surface area contributed by atoms with Crippen molar-refractivity contribution < 1.29 is 9.47 Å². The molecule has 0 amide bonds. The zero-order chi connectivity index (χ0) is 16.1. The first-order valence-electron chi connectivity index (χ1n) is 7.28. The van der Waals surface area contributed by atoms with Crippen LogP contribution in [0.5, 0.6) is 5.88 Å². The molecule has 0 saturated carbocycles. The number of rotatable bonds is 7. The van der Waals surface area contributed by atoms with Crippen molar-refractivity contribution in [2.45, 2.75) is 13.5 Å². The van der Waals surface area contributed by atoms with Gasteiger partial charge in [0.2, 0.25) is 5.88 Å². The number of aromatic nitrogens is 3. The fourth-order valence-corrected chi connectivity index (χ4v) is 2.98. The number of ether oxygens (including phenoxy) is 2. The van der Waals surface area contributed by atoms with Crippen molar-refractivity contribution in [3.63, 3.8) is 0 Å². The Balaban J connectivity index is 1.63. The molecule has 0 aliphatic heterocycles. The first kappa shape index (κ1) is 15.6. The van der Waals surface area contributed by atoms with Gasteiger partial charge in [-0.1, -0.05) is 6.07 Å². The Morgan fingerprint density at radius 2 is 2.09 bits per heavy atom. The number of pyridine rings is 1. The van der Waals surface area contributed by atoms with Gasteiger partial charge in [0.1, 0.15) is 23.6 Å². The van der Waals surface area contributed by atoms with E-state index in [1.807, 2.05) is 12.1 Å². The minimum Gasteiger partial charge on any atom is -0.475 e. The van der Waals surface area contributed by atoms with Crippen LogP contribution in [0, 0.1) is 6.92 Å². The highest BCUT2D eigenvalue weighted by atomic mass is 32.1. The van der Waals surface area contributed by atoms with Crippen molar-refractivity contribution in [1.82, 2.24) is 15.0 Å². The highest BCUT2D eigenvalue weighted by Crippen LogP contribution is 2.27. The van der Waals surface area contributed by atoms with Crippen LogP contribution in [0.3, 0.4) is 0 Å². The number of nitrogens with zero attached hydrogens (tertiary/aromatic N) is 3. The molecule has 3 aromatic rings. The van der Waals surface area contributed by atoms with Crippen LogP contribution in [0.1, 0.15) is 10.4 Å². The smallest absolute Gasteiger partial charge is 0.213 e. The summed E-state index contributed by atoms with van der Waals surface area (Å²) in [6.07, 6.45) is 3.39. The fourth-order valence-electron chi connectivity index (χ4n) is 2.13. The van der Waals surface area contributed by atoms with Crippen LogP contribution in [-0.4, -0.2) is 35.3 Å². The third-order valence-electron chi connectivity index (χ3n) is 3.25. The minimum atomic E-state index is 0.498. The Hall–Kier alpha value is -2.25. The summed E-state index contributed by atoms with van der Waals surface area (Å²) >= 11 is 1.67. The van der Waals surface area contributed by atoms with Gasteiger partial charge in [0, 0.05) is 30.8 Å². The number of hydrogen-bond acceptors (Lipinski definition) is 7. The summed E-state index contributed by atoms with van der Waals surface area (Å²) in [5, 5.41) is 4.40. The van der Waals surface area contributed by atoms with Gasteiger partial charge < -0.3 is 14.8 Å². The molecule has 0 radical (unpaired) electrons. The summed E-state index contributed by atoms with van der Waals surface area (Å²) in [7, 11) is 1.64. The number of thiophene rings is 1. The summed E-state index contributed by atoms with van der Waals surface area (Å²) < 4.78 is 10.4. The second kappa shape index (κ2) is 7.34. The molecule has 3 heterocycles. The molecular weight excluding hydrogens is 312 g/mol. The van der Waals surface area contributed by atoms with Gasteiger partial charge in [-0.25, -0.2) is 15.0 Å². The fraction of sp³-hybridized carbons (Fsp3) is 0.312. The quantitative estimate of drug-likeness (QED) is 0.672. The molecule has 0 unspecified atom stereocenters. The lowest BCUT2D eigenvalue weighted by Crippen LogP contribution is -2.06. The summed E-state index contributed by atoms with van der Waals surface area (Å²) in [5.74, 6) is 1.45. The van der Waals surface area contributed by atoms with E-state index in [0.29, 0.717) is 25.6 Å². The third kappa shape index (κ3) is 3.94. The van der Waals surface area contributed by atoms with E-state index < -0.39 is 0 Å². The predicted octanol–water partition coefficient (Wildman–Crippen LogP) is 3.03. The topological polar surface area (TPSA) is 69.2 Å². The van der Waals surface area contributed by atoms with Gasteiger partial charge in [-0.3, -0.25) is 0 Å². The molecule has 0 bridgehead atoms. The van der Waals surface area contributed by atoms with E-state index in [-0.39, 0.29) is 0 Å². The van der Waals surface area contributed by atoms with Crippen LogP contribution in [0.25, 0.3) is 10.2 Å². The van der Waals surface area contributed by atoms with Gasteiger partial charge in [-0.15, -0.1) is 11.3 Å². The molecule has 1 N–H and O–H groups in total. The molecule has 0 spiro atoms. The van der Waals surface area contributed by atoms with Gasteiger partial charge in [0.05, 0.1) is 12.0 Å². The largest absolute Gasteiger partial charge is 0.475 e. The molecule has 3 aromatic heterocycles. The van der Waals surface area contributed by atoms with Crippen molar-refractivity contribution in [1.29, 1.82) is 0 Å². The Kier molecular flexibility index (Phi) is 4.99. The van der Waals surface area contributed by atoms with Gasteiger partial charge in [0.25, 0.3) is 0 Å². The Bertz CT molecular complexity index is 773. The van der Waals surface area contributed by atoms with Crippen LogP contribution in [0.4, 0.5) is 5.82 Å². The molecule has 0 aliphatic rings. The Morgan fingerprint density at radius 3 is 2.87 bits per heavy atom. The maximum atomic E-state index is 5.45. The van der Waals surface area contributed by atoms with E-state index in [2.05, 4.69) is 33.3 Å². The van der Waals surface area contributed by atoms with Crippen molar-refractivity contribution in [3.8, 4) is 5.88 Å². The average Bonchev–Trinajstić information content (AvgIpc) is 2.95. The molecule has 120 valence electrons. The highest BCUT2D eigenvalue weighted by Gasteiger charge is 2.06. The second-order valence-electron chi connectivity index (χ2n) is 5.00. The van der Waals surface area contributed by atoms with Crippen LogP contribution < -0.4 is 10.1 Å². The molecule has 23 heavy (non-hydrogen) atoms. The van der Waals surface area contributed by atoms with E-state index in [9.17, 15) is 0 Å².